The quantitative estimate of drug-likeness (QED) is 0.848. The number of nitrogens with zero attached hydrogens (tertiary/aromatic N) is 2. The van der Waals surface area contributed by atoms with Crippen LogP contribution in [0.3, 0.4) is 0 Å². The topological polar surface area (TPSA) is 40.4 Å². The van der Waals surface area contributed by atoms with Crippen LogP contribution in [0.5, 0.6) is 0 Å². The smallest absolute Gasteiger partial charge is 0.0609 e. The second kappa shape index (κ2) is 5.54. The lowest BCUT2D eigenvalue weighted by atomic mass is 9.98. The van der Waals surface area contributed by atoms with Gasteiger partial charge in [0.1, 0.15) is 0 Å². The second-order valence-electron chi connectivity index (χ2n) is 6.07. The zero-order valence-corrected chi connectivity index (χ0v) is 12.9. The van der Waals surface area contributed by atoms with E-state index in [9.17, 15) is 0 Å². The van der Waals surface area contributed by atoms with E-state index < -0.39 is 0 Å². The molecule has 0 atom stereocenters. The van der Waals surface area contributed by atoms with Crippen molar-refractivity contribution in [2.75, 3.05) is 18.6 Å². The number of hydrogen-bond donors (Lipinski definition) is 2. The van der Waals surface area contributed by atoms with Gasteiger partial charge in [0.15, 0.2) is 0 Å². The van der Waals surface area contributed by atoms with Crippen molar-refractivity contribution in [2.24, 2.45) is 7.05 Å². The summed E-state index contributed by atoms with van der Waals surface area (Å²) in [7, 11) is 2.07. The van der Waals surface area contributed by atoms with E-state index in [-0.39, 0.29) is 0 Å². The van der Waals surface area contributed by atoms with Crippen LogP contribution in [0.15, 0.2) is 30.5 Å². The fraction of sp³-hybridized carbons (Fsp3) is 0.412. The van der Waals surface area contributed by atoms with E-state index in [1.54, 1.807) is 0 Å². The maximum atomic E-state index is 9.12. The van der Waals surface area contributed by atoms with E-state index >= 15 is 0 Å². The summed E-state index contributed by atoms with van der Waals surface area (Å²) >= 11 is 0. The van der Waals surface area contributed by atoms with Crippen LogP contribution >= 0.6 is 0 Å². The molecule has 21 heavy (non-hydrogen) atoms. The minimum atomic E-state index is 0.598. The van der Waals surface area contributed by atoms with Crippen molar-refractivity contribution < 1.29 is 5.21 Å². The van der Waals surface area contributed by atoms with Gasteiger partial charge in [0.05, 0.1) is 5.69 Å². The number of rotatable bonds is 3. The summed E-state index contributed by atoms with van der Waals surface area (Å²) in [6, 6.07) is 6.55. The number of fused-ring (bicyclic) bond motifs is 1. The number of benzene rings is 1. The minimum Gasteiger partial charge on any atom is -0.350 e. The molecular weight excluding hydrogens is 262 g/mol. The standard InChI is InChI=1S/C17H23N3O/c1-12(2)20-8-6-13(7-9-20)16-11-19(3)17-5-4-14(18-21)10-15(16)17/h4-6,10-12,18,21H,7-9H2,1-3H3. The lowest BCUT2D eigenvalue weighted by Crippen LogP contribution is -2.34. The summed E-state index contributed by atoms with van der Waals surface area (Å²) in [6.45, 7) is 6.62. The summed E-state index contributed by atoms with van der Waals surface area (Å²) in [4.78, 5) is 2.48. The van der Waals surface area contributed by atoms with Gasteiger partial charge in [-0.15, -0.1) is 0 Å². The van der Waals surface area contributed by atoms with Crippen LogP contribution in [-0.4, -0.2) is 33.8 Å². The first kappa shape index (κ1) is 14.2. The fourth-order valence-electron chi connectivity index (χ4n) is 3.12. The first-order valence-electron chi connectivity index (χ1n) is 7.53. The Morgan fingerprint density at radius 3 is 2.71 bits per heavy atom. The molecule has 4 heteroatoms. The van der Waals surface area contributed by atoms with E-state index in [0.717, 1.165) is 25.2 Å². The van der Waals surface area contributed by atoms with Gasteiger partial charge >= 0.3 is 0 Å². The maximum absolute atomic E-state index is 9.12. The lowest BCUT2D eigenvalue weighted by Gasteiger charge is -2.29. The number of aryl methyl sites for hydroxylation is 1. The van der Waals surface area contributed by atoms with E-state index in [1.807, 2.05) is 18.2 Å². The number of nitrogens with one attached hydrogen (secondary N) is 1. The zero-order chi connectivity index (χ0) is 15.0. The predicted octanol–water partition coefficient (Wildman–Crippen LogP) is 3.48. The molecule has 0 spiro atoms. The van der Waals surface area contributed by atoms with Crippen molar-refractivity contribution in [1.82, 2.24) is 9.47 Å². The number of hydrogen-bond acceptors (Lipinski definition) is 3. The van der Waals surface area contributed by atoms with Crippen LogP contribution < -0.4 is 5.48 Å². The summed E-state index contributed by atoms with van der Waals surface area (Å²) in [5.41, 5.74) is 6.86. The van der Waals surface area contributed by atoms with Gasteiger partial charge in [-0.2, -0.15) is 0 Å². The highest BCUT2D eigenvalue weighted by Gasteiger charge is 2.18. The fourth-order valence-corrected chi connectivity index (χ4v) is 3.12. The molecule has 0 bridgehead atoms. The van der Waals surface area contributed by atoms with Crippen LogP contribution in [-0.2, 0) is 7.05 Å². The molecule has 112 valence electrons. The number of aromatic nitrogens is 1. The highest BCUT2D eigenvalue weighted by atomic mass is 16.5. The van der Waals surface area contributed by atoms with Gasteiger partial charge in [0.2, 0.25) is 0 Å². The van der Waals surface area contributed by atoms with Gasteiger partial charge in [0.25, 0.3) is 0 Å². The molecule has 0 aliphatic carbocycles. The van der Waals surface area contributed by atoms with Crippen LogP contribution in [0.1, 0.15) is 25.8 Å². The highest BCUT2D eigenvalue weighted by Crippen LogP contribution is 2.32. The predicted molar refractivity (Wildman–Crippen MR) is 87.6 cm³/mol. The Morgan fingerprint density at radius 2 is 2.10 bits per heavy atom. The molecular formula is C17H23N3O. The third-order valence-corrected chi connectivity index (χ3v) is 4.44. The first-order chi connectivity index (χ1) is 10.1. The Labute approximate surface area is 125 Å². The van der Waals surface area contributed by atoms with Gasteiger partial charge < -0.3 is 4.57 Å². The van der Waals surface area contributed by atoms with Crippen molar-refractivity contribution in [1.29, 1.82) is 0 Å². The normalized spacial score (nSPS) is 16.5. The summed E-state index contributed by atoms with van der Waals surface area (Å²) in [6.07, 6.45) is 5.62. The molecule has 1 aromatic heterocycles. The zero-order valence-electron chi connectivity index (χ0n) is 12.9. The molecule has 1 aromatic carbocycles. The molecule has 2 heterocycles. The van der Waals surface area contributed by atoms with Gasteiger partial charge in [-0.1, -0.05) is 6.08 Å². The Balaban J connectivity index is 2.01. The third-order valence-electron chi connectivity index (χ3n) is 4.44. The van der Waals surface area contributed by atoms with Gasteiger partial charge in [-0.3, -0.25) is 15.6 Å². The van der Waals surface area contributed by atoms with E-state index in [2.05, 4.69) is 48.1 Å². The van der Waals surface area contributed by atoms with Crippen molar-refractivity contribution in [2.45, 2.75) is 26.3 Å². The molecule has 0 saturated heterocycles. The SMILES string of the molecule is CC(C)N1CC=C(c2cn(C)c3ccc(NO)cc23)CC1. The maximum Gasteiger partial charge on any atom is 0.0609 e. The molecule has 4 nitrogen and oxygen atoms in total. The van der Waals surface area contributed by atoms with E-state index in [4.69, 9.17) is 5.21 Å². The Kier molecular flexibility index (Phi) is 3.74. The van der Waals surface area contributed by atoms with Crippen LogP contribution in [0.25, 0.3) is 16.5 Å². The number of anilines is 1. The largest absolute Gasteiger partial charge is 0.350 e. The van der Waals surface area contributed by atoms with Crippen molar-refractivity contribution >= 4 is 22.2 Å². The summed E-state index contributed by atoms with van der Waals surface area (Å²) in [5, 5.41) is 10.3. The van der Waals surface area contributed by atoms with Crippen LogP contribution in [0.4, 0.5) is 5.69 Å². The molecule has 0 fully saturated rings. The molecule has 3 rings (SSSR count). The molecule has 0 amide bonds. The second-order valence-corrected chi connectivity index (χ2v) is 6.07. The van der Waals surface area contributed by atoms with E-state index in [1.165, 1.54) is 22.0 Å². The van der Waals surface area contributed by atoms with Gasteiger partial charge in [0, 0.05) is 48.8 Å². The van der Waals surface area contributed by atoms with Crippen molar-refractivity contribution in [3.8, 4) is 0 Å². The summed E-state index contributed by atoms with van der Waals surface area (Å²) in [5.74, 6) is 0. The monoisotopic (exact) mass is 285 g/mol. The molecule has 0 radical (unpaired) electrons. The van der Waals surface area contributed by atoms with Crippen LogP contribution in [0, 0.1) is 0 Å². The van der Waals surface area contributed by atoms with Gasteiger partial charge in [-0.05, 0) is 44.0 Å². The lowest BCUT2D eigenvalue weighted by molar-refractivity contribution is 0.245. The first-order valence-corrected chi connectivity index (χ1v) is 7.53. The van der Waals surface area contributed by atoms with Gasteiger partial charge in [-0.25, -0.2) is 0 Å². The summed E-state index contributed by atoms with van der Waals surface area (Å²) < 4.78 is 2.15. The third kappa shape index (κ3) is 2.57. The average molecular weight is 285 g/mol. The van der Waals surface area contributed by atoms with E-state index in [0.29, 0.717) is 6.04 Å². The minimum absolute atomic E-state index is 0.598. The Hall–Kier alpha value is -1.78. The molecule has 0 unspecified atom stereocenters. The van der Waals surface area contributed by atoms with Crippen molar-refractivity contribution in [3.63, 3.8) is 0 Å². The molecule has 2 aromatic rings. The van der Waals surface area contributed by atoms with Crippen LogP contribution in [0.2, 0.25) is 0 Å². The highest BCUT2D eigenvalue weighted by molar-refractivity contribution is 5.95. The Morgan fingerprint density at radius 1 is 1.29 bits per heavy atom. The van der Waals surface area contributed by atoms with Crippen molar-refractivity contribution in [3.05, 3.63) is 36.0 Å². The molecule has 1 aliphatic rings. The Bertz CT molecular complexity index is 685. The molecule has 1 aliphatic heterocycles. The molecule has 0 saturated carbocycles. The average Bonchev–Trinajstić information content (AvgIpc) is 2.84. The molecule has 2 N–H and O–H groups in total.